The van der Waals surface area contributed by atoms with E-state index in [0.717, 1.165) is 27.8 Å². The lowest BCUT2D eigenvalue weighted by Gasteiger charge is -2.20. The number of likely N-dealkylation sites (N-methyl/N-ethyl adjacent to an activating group) is 1. The second-order valence-electron chi connectivity index (χ2n) is 4.83. The van der Waals surface area contributed by atoms with Crippen molar-refractivity contribution in [3.05, 3.63) is 63.0 Å². The molecule has 2 aromatic rings. The van der Waals surface area contributed by atoms with E-state index in [-0.39, 0.29) is 11.9 Å². The van der Waals surface area contributed by atoms with E-state index in [0.29, 0.717) is 0 Å². The van der Waals surface area contributed by atoms with Gasteiger partial charge in [-0.2, -0.15) is 0 Å². The van der Waals surface area contributed by atoms with Gasteiger partial charge in [-0.25, -0.2) is 4.39 Å². The van der Waals surface area contributed by atoms with Crippen LogP contribution in [0.5, 0.6) is 5.75 Å². The second-order valence-corrected chi connectivity index (χ2v) is 5.99. The Morgan fingerprint density at radius 1 is 1.19 bits per heavy atom. The lowest BCUT2D eigenvalue weighted by Crippen LogP contribution is -2.23. The first kappa shape index (κ1) is 16.2. The molecule has 2 aromatic carbocycles. The van der Waals surface area contributed by atoms with Gasteiger partial charge < -0.3 is 10.1 Å². The van der Waals surface area contributed by atoms with Gasteiger partial charge in [-0.1, -0.05) is 25.1 Å². The smallest absolute Gasteiger partial charge is 0.124 e. The summed E-state index contributed by atoms with van der Waals surface area (Å²) in [5, 5.41) is 3.48. The van der Waals surface area contributed by atoms with Crippen LogP contribution in [0.25, 0.3) is 0 Å². The Kier molecular flexibility index (Phi) is 5.99. The van der Waals surface area contributed by atoms with E-state index in [4.69, 9.17) is 4.74 Å². The molecule has 0 radical (unpaired) electrons. The summed E-state index contributed by atoms with van der Waals surface area (Å²) < 4.78 is 19.4. The number of halogens is 2. The molecule has 0 fully saturated rings. The van der Waals surface area contributed by atoms with E-state index >= 15 is 0 Å². The Morgan fingerprint density at radius 2 is 1.90 bits per heavy atom. The molecule has 21 heavy (non-hydrogen) atoms. The van der Waals surface area contributed by atoms with Crippen molar-refractivity contribution >= 4 is 22.6 Å². The normalized spacial score (nSPS) is 12.2. The first-order chi connectivity index (χ1) is 10.1. The Hall–Kier alpha value is -1.14. The quantitative estimate of drug-likeness (QED) is 0.731. The molecule has 0 saturated carbocycles. The van der Waals surface area contributed by atoms with Gasteiger partial charge in [0.25, 0.3) is 0 Å². The van der Waals surface area contributed by atoms with Gasteiger partial charge in [-0.3, -0.25) is 0 Å². The van der Waals surface area contributed by atoms with E-state index in [1.165, 1.54) is 11.6 Å². The van der Waals surface area contributed by atoms with Crippen LogP contribution in [0.2, 0.25) is 0 Å². The van der Waals surface area contributed by atoms with Gasteiger partial charge in [0.2, 0.25) is 0 Å². The molecule has 112 valence electrons. The minimum atomic E-state index is -0.192. The van der Waals surface area contributed by atoms with Crippen LogP contribution in [0.15, 0.2) is 42.5 Å². The molecule has 0 aromatic heterocycles. The molecule has 0 bridgehead atoms. The summed E-state index contributed by atoms with van der Waals surface area (Å²) in [5.74, 6) is 0.665. The molecule has 2 rings (SSSR count). The Morgan fingerprint density at radius 3 is 2.48 bits per heavy atom. The predicted molar refractivity (Wildman–Crippen MR) is 92.2 cm³/mol. The summed E-state index contributed by atoms with van der Waals surface area (Å²) in [4.78, 5) is 0. The highest BCUT2D eigenvalue weighted by atomic mass is 127. The van der Waals surface area contributed by atoms with Gasteiger partial charge in [-0.05, 0) is 70.9 Å². The predicted octanol–water partition coefficient (Wildman–Crippen LogP) is 4.33. The molecule has 1 N–H and O–H groups in total. The lowest BCUT2D eigenvalue weighted by atomic mass is 9.98. The van der Waals surface area contributed by atoms with Crippen molar-refractivity contribution in [1.29, 1.82) is 0 Å². The molecular formula is C17H19FINO. The van der Waals surface area contributed by atoms with Gasteiger partial charge >= 0.3 is 0 Å². The lowest BCUT2D eigenvalue weighted by molar-refractivity contribution is 0.414. The number of hydrogen-bond acceptors (Lipinski definition) is 2. The zero-order valence-electron chi connectivity index (χ0n) is 12.2. The maximum absolute atomic E-state index is 13.3. The van der Waals surface area contributed by atoms with Gasteiger partial charge in [-0.15, -0.1) is 0 Å². The number of hydrogen-bond donors (Lipinski definition) is 1. The van der Waals surface area contributed by atoms with E-state index < -0.39 is 0 Å². The second kappa shape index (κ2) is 7.75. The van der Waals surface area contributed by atoms with E-state index in [2.05, 4.69) is 47.0 Å². The molecule has 0 spiro atoms. The Balaban J connectivity index is 2.21. The maximum atomic E-state index is 13.3. The highest BCUT2D eigenvalue weighted by molar-refractivity contribution is 14.1. The Bertz CT molecular complexity index is 586. The zero-order chi connectivity index (χ0) is 15.2. The average molecular weight is 399 g/mol. The molecule has 0 heterocycles. The van der Waals surface area contributed by atoms with E-state index in [1.807, 2.05) is 18.2 Å². The monoisotopic (exact) mass is 399 g/mol. The Labute approximate surface area is 138 Å². The minimum Gasteiger partial charge on any atom is -0.497 e. The first-order valence-electron chi connectivity index (χ1n) is 6.95. The molecule has 0 saturated heterocycles. The van der Waals surface area contributed by atoms with Crippen molar-refractivity contribution in [2.45, 2.75) is 19.4 Å². The third-order valence-corrected chi connectivity index (χ3v) is 4.32. The SMILES string of the molecule is CCNC(Cc1ccc(OC)cc1)c1ccc(F)cc1I. The minimum absolute atomic E-state index is 0.177. The van der Waals surface area contributed by atoms with Crippen LogP contribution in [0.4, 0.5) is 4.39 Å². The number of ether oxygens (including phenoxy) is 1. The van der Waals surface area contributed by atoms with Crippen molar-refractivity contribution < 1.29 is 9.13 Å². The summed E-state index contributed by atoms with van der Waals surface area (Å²) in [7, 11) is 1.66. The van der Waals surface area contributed by atoms with Crippen LogP contribution in [0.1, 0.15) is 24.1 Å². The summed E-state index contributed by atoms with van der Waals surface area (Å²) in [5.41, 5.74) is 2.36. The fourth-order valence-corrected chi connectivity index (χ4v) is 3.17. The van der Waals surface area contributed by atoms with E-state index in [9.17, 15) is 4.39 Å². The molecule has 0 amide bonds. The topological polar surface area (TPSA) is 21.3 Å². The zero-order valence-corrected chi connectivity index (χ0v) is 14.4. The van der Waals surface area contributed by atoms with Gasteiger partial charge in [0.05, 0.1) is 7.11 Å². The van der Waals surface area contributed by atoms with Gasteiger partial charge in [0.1, 0.15) is 11.6 Å². The fraction of sp³-hybridized carbons (Fsp3) is 0.294. The third-order valence-electron chi connectivity index (χ3n) is 3.39. The van der Waals surface area contributed by atoms with Crippen LogP contribution in [0, 0.1) is 9.39 Å². The van der Waals surface area contributed by atoms with Crippen LogP contribution in [-0.4, -0.2) is 13.7 Å². The number of methoxy groups -OCH3 is 1. The third kappa shape index (κ3) is 4.41. The number of benzene rings is 2. The van der Waals surface area contributed by atoms with E-state index in [1.54, 1.807) is 13.2 Å². The number of nitrogens with one attached hydrogen (secondary N) is 1. The molecule has 0 aliphatic carbocycles. The van der Waals surface area contributed by atoms with Crippen LogP contribution in [-0.2, 0) is 6.42 Å². The highest BCUT2D eigenvalue weighted by Gasteiger charge is 2.14. The van der Waals surface area contributed by atoms with Crippen molar-refractivity contribution in [2.75, 3.05) is 13.7 Å². The molecule has 0 aliphatic rings. The van der Waals surface area contributed by atoms with Crippen molar-refractivity contribution in [3.63, 3.8) is 0 Å². The maximum Gasteiger partial charge on any atom is 0.124 e. The molecular weight excluding hydrogens is 380 g/mol. The van der Waals surface area contributed by atoms with Crippen LogP contribution in [0.3, 0.4) is 0 Å². The van der Waals surface area contributed by atoms with Crippen molar-refractivity contribution in [2.24, 2.45) is 0 Å². The summed E-state index contributed by atoms with van der Waals surface area (Å²) in [6.45, 7) is 2.95. The molecule has 0 aliphatic heterocycles. The largest absolute Gasteiger partial charge is 0.497 e. The first-order valence-corrected chi connectivity index (χ1v) is 8.03. The van der Waals surface area contributed by atoms with Crippen molar-refractivity contribution in [3.8, 4) is 5.75 Å². The highest BCUT2D eigenvalue weighted by Crippen LogP contribution is 2.25. The standard InChI is InChI=1S/C17H19FINO/c1-3-20-17(15-9-6-13(18)11-16(15)19)10-12-4-7-14(21-2)8-5-12/h4-9,11,17,20H,3,10H2,1-2H3. The fourth-order valence-electron chi connectivity index (χ4n) is 2.32. The molecule has 1 atom stereocenters. The summed E-state index contributed by atoms with van der Waals surface area (Å²) in [6, 6.07) is 13.2. The molecule has 1 unspecified atom stereocenters. The van der Waals surface area contributed by atoms with Crippen LogP contribution >= 0.6 is 22.6 Å². The average Bonchev–Trinajstić information content (AvgIpc) is 2.48. The van der Waals surface area contributed by atoms with Gasteiger partial charge in [0, 0.05) is 9.61 Å². The number of rotatable bonds is 6. The van der Waals surface area contributed by atoms with Gasteiger partial charge in [0.15, 0.2) is 0 Å². The van der Waals surface area contributed by atoms with Crippen LogP contribution < -0.4 is 10.1 Å². The molecule has 2 nitrogen and oxygen atoms in total. The summed E-state index contributed by atoms with van der Waals surface area (Å²) in [6.07, 6.45) is 0.861. The summed E-state index contributed by atoms with van der Waals surface area (Å²) >= 11 is 2.19. The molecule has 4 heteroatoms. The van der Waals surface area contributed by atoms with Crippen molar-refractivity contribution in [1.82, 2.24) is 5.32 Å².